The van der Waals surface area contributed by atoms with Crippen molar-refractivity contribution in [3.05, 3.63) is 59.2 Å². The van der Waals surface area contributed by atoms with E-state index in [1.54, 1.807) is 24.1 Å². The van der Waals surface area contributed by atoms with E-state index in [0.717, 1.165) is 22.5 Å². The van der Waals surface area contributed by atoms with Crippen molar-refractivity contribution in [2.24, 2.45) is 0 Å². The zero-order valence-corrected chi connectivity index (χ0v) is 14.9. The van der Waals surface area contributed by atoms with Crippen LogP contribution in [0.5, 0.6) is 0 Å². The number of anilines is 2. The van der Waals surface area contributed by atoms with E-state index in [-0.39, 0.29) is 5.91 Å². The van der Waals surface area contributed by atoms with E-state index in [0.29, 0.717) is 12.5 Å². The molecular formula is C20H26N4O. The van der Waals surface area contributed by atoms with Gasteiger partial charge < -0.3 is 21.3 Å². The summed E-state index contributed by atoms with van der Waals surface area (Å²) in [4.78, 5) is 15.5. The minimum absolute atomic E-state index is 0.0880. The normalized spacial score (nSPS) is 19.5. The van der Waals surface area contributed by atoms with Crippen LogP contribution >= 0.6 is 0 Å². The number of hydrogen-bond acceptors (Lipinski definition) is 4. The molecule has 25 heavy (non-hydrogen) atoms. The number of nitrogens with two attached hydrogens (primary N) is 2. The molecule has 0 aromatic heterocycles. The number of carbonyl (C=O) groups is 1. The number of amides is 1. The summed E-state index contributed by atoms with van der Waals surface area (Å²) in [7, 11) is 3.97. The molecule has 1 saturated heterocycles. The highest BCUT2D eigenvalue weighted by atomic mass is 16.2. The summed E-state index contributed by atoms with van der Waals surface area (Å²) in [5.41, 5.74) is 16.1. The third kappa shape index (κ3) is 3.94. The Balaban J connectivity index is 0.000000146. The van der Waals surface area contributed by atoms with Crippen molar-refractivity contribution in [2.45, 2.75) is 18.9 Å². The second kappa shape index (κ2) is 7.15. The Labute approximate surface area is 149 Å². The van der Waals surface area contributed by atoms with Gasteiger partial charge in [-0.3, -0.25) is 4.79 Å². The Morgan fingerprint density at radius 3 is 2.32 bits per heavy atom. The third-order valence-corrected chi connectivity index (χ3v) is 4.91. The molecule has 0 radical (unpaired) electrons. The van der Waals surface area contributed by atoms with Crippen molar-refractivity contribution in [3.63, 3.8) is 0 Å². The highest BCUT2D eigenvalue weighted by Crippen LogP contribution is 2.26. The largest absolute Gasteiger partial charge is 0.399 e. The van der Waals surface area contributed by atoms with Crippen molar-refractivity contribution < 1.29 is 4.79 Å². The number of fused-ring (bicyclic) bond motifs is 1. The second-order valence-electron chi connectivity index (χ2n) is 6.99. The molecule has 132 valence electrons. The van der Waals surface area contributed by atoms with Crippen LogP contribution in [0.3, 0.4) is 0 Å². The molecule has 0 spiro atoms. The summed E-state index contributed by atoms with van der Waals surface area (Å²) < 4.78 is 0. The predicted octanol–water partition coefficient (Wildman–Crippen LogP) is 2.54. The highest BCUT2D eigenvalue weighted by molar-refractivity contribution is 5.98. The van der Waals surface area contributed by atoms with Crippen LogP contribution in [0, 0.1) is 0 Å². The number of carbonyl (C=O) groups excluding carboxylic acids is 1. The van der Waals surface area contributed by atoms with Crippen molar-refractivity contribution in [2.75, 3.05) is 38.7 Å². The molecule has 4 N–H and O–H groups in total. The Bertz CT molecular complexity index is 757. The van der Waals surface area contributed by atoms with Gasteiger partial charge in [0.15, 0.2) is 0 Å². The summed E-state index contributed by atoms with van der Waals surface area (Å²) in [5.74, 6) is 0.801. The Morgan fingerprint density at radius 2 is 1.68 bits per heavy atom. The zero-order chi connectivity index (χ0) is 18.0. The molecule has 0 aliphatic carbocycles. The Kier molecular flexibility index (Phi) is 4.95. The van der Waals surface area contributed by atoms with Gasteiger partial charge in [0.2, 0.25) is 0 Å². The maximum Gasteiger partial charge on any atom is 0.254 e. The molecule has 1 atom stereocenters. The van der Waals surface area contributed by atoms with Crippen LogP contribution in [0.15, 0.2) is 42.5 Å². The minimum atomic E-state index is 0.0880. The molecule has 5 heteroatoms. The Morgan fingerprint density at radius 1 is 1.00 bits per heavy atom. The topological polar surface area (TPSA) is 75.6 Å². The number of nitrogen functional groups attached to an aromatic ring is 2. The van der Waals surface area contributed by atoms with E-state index in [2.05, 4.69) is 24.1 Å². The molecule has 1 fully saturated rings. The van der Waals surface area contributed by atoms with Crippen LogP contribution in [-0.4, -0.2) is 42.9 Å². The molecule has 2 aromatic rings. The molecule has 1 amide bonds. The van der Waals surface area contributed by atoms with Gasteiger partial charge in [-0.2, -0.15) is 0 Å². The van der Waals surface area contributed by atoms with Crippen LogP contribution in [0.25, 0.3) is 0 Å². The third-order valence-electron chi connectivity index (χ3n) is 4.91. The molecule has 2 heterocycles. The van der Waals surface area contributed by atoms with Gasteiger partial charge in [-0.05, 0) is 67.4 Å². The fourth-order valence-corrected chi connectivity index (χ4v) is 3.46. The lowest BCUT2D eigenvalue weighted by molar-refractivity contribution is 0.0816. The molecule has 4 rings (SSSR count). The summed E-state index contributed by atoms with van der Waals surface area (Å²) in [6.07, 6.45) is 1.28. The molecule has 2 aliphatic heterocycles. The number of likely N-dealkylation sites (N-methyl/N-ethyl adjacent to an activating group) is 1. The summed E-state index contributed by atoms with van der Waals surface area (Å²) in [5, 5.41) is 0. The van der Waals surface area contributed by atoms with Gasteiger partial charge in [0.25, 0.3) is 5.91 Å². The quantitative estimate of drug-likeness (QED) is 0.784. The second-order valence-corrected chi connectivity index (χ2v) is 6.99. The van der Waals surface area contributed by atoms with Crippen LogP contribution < -0.4 is 11.5 Å². The van der Waals surface area contributed by atoms with Gasteiger partial charge in [0.1, 0.15) is 0 Å². The van der Waals surface area contributed by atoms with Gasteiger partial charge in [0, 0.05) is 37.1 Å². The van der Waals surface area contributed by atoms with Gasteiger partial charge in [0.05, 0.1) is 0 Å². The van der Waals surface area contributed by atoms with Crippen LogP contribution in [0.2, 0.25) is 0 Å². The molecule has 2 aromatic carbocycles. The van der Waals surface area contributed by atoms with E-state index in [1.165, 1.54) is 25.1 Å². The van der Waals surface area contributed by atoms with Gasteiger partial charge in [-0.25, -0.2) is 0 Å². The van der Waals surface area contributed by atoms with Crippen LogP contribution in [0.4, 0.5) is 11.4 Å². The monoisotopic (exact) mass is 338 g/mol. The first kappa shape index (κ1) is 17.3. The van der Waals surface area contributed by atoms with Crippen molar-refractivity contribution >= 4 is 17.3 Å². The van der Waals surface area contributed by atoms with Crippen molar-refractivity contribution in [3.8, 4) is 0 Å². The van der Waals surface area contributed by atoms with E-state index in [9.17, 15) is 4.79 Å². The summed E-state index contributed by atoms with van der Waals surface area (Å²) in [6, 6.07) is 13.7. The maximum atomic E-state index is 11.4. The lowest BCUT2D eigenvalue weighted by atomic mass is 9.98. The lowest BCUT2D eigenvalue weighted by Gasteiger charge is -2.10. The fraction of sp³-hybridized carbons (Fsp3) is 0.350. The summed E-state index contributed by atoms with van der Waals surface area (Å²) >= 11 is 0. The first-order chi connectivity index (χ1) is 11.9. The average molecular weight is 338 g/mol. The molecule has 2 aliphatic rings. The first-order valence-electron chi connectivity index (χ1n) is 8.62. The van der Waals surface area contributed by atoms with Crippen molar-refractivity contribution in [1.29, 1.82) is 0 Å². The molecule has 0 saturated carbocycles. The Hall–Kier alpha value is -2.53. The maximum absolute atomic E-state index is 11.4. The molecule has 5 nitrogen and oxygen atoms in total. The summed E-state index contributed by atoms with van der Waals surface area (Å²) in [6.45, 7) is 3.08. The van der Waals surface area contributed by atoms with Crippen molar-refractivity contribution in [1.82, 2.24) is 9.80 Å². The number of hydrogen-bond donors (Lipinski definition) is 2. The lowest BCUT2D eigenvalue weighted by Crippen LogP contribution is -2.17. The van der Waals surface area contributed by atoms with E-state index < -0.39 is 0 Å². The van der Waals surface area contributed by atoms with Gasteiger partial charge >= 0.3 is 0 Å². The van der Waals surface area contributed by atoms with E-state index in [4.69, 9.17) is 11.5 Å². The minimum Gasteiger partial charge on any atom is -0.399 e. The average Bonchev–Trinajstić information content (AvgIpc) is 3.13. The van der Waals surface area contributed by atoms with Gasteiger partial charge in [-0.1, -0.05) is 12.1 Å². The zero-order valence-electron chi connectivity index (χ0n) is 14.9. The number of rotatable bonds is 1. The molecule has 0 bridgehead atoms. The first-order valence-corrected chi connectivity index (χ1v) is 8.62. The fourth-order valence-electron chi connectivity index (χ4n) is 3.46. The highest BCUT2D eigenvalue weighted by Gasteiger charge is 2.23. The standard InChI is InChI=1S/C11H16N2.C9H10N2O/c1-13-7-6-10(8-13)9-2-4-11(12)5-3-9;1-11-5-6-4-7(10)2-3-8(6)9(11)12/h2-5,10H,6-8,12H2,1H3;2-4H,5,10H2,1H3. The number of likely N-dealkylation sites (tertiary alicyclic amines) is 1. The van der Waals surface area contributed by atoms with E-state index in [1.807, 2.05) is 18.2 Å². The smallest absolute Gasteiger partial charge is 0.254 e. The number of nitrogens with zero attached hydrogens (tertiary/aromatic N) is 2. The van der Waals surface area contributed by atoms with Crippen LogP contribution in [-0.2, 0) is 6.54 Å². The van der Waals surface area contributed by atoms with E-state index >= 15 is 0 Å². The molecular weight excluding hydrogens is 312 g/mol. The molecule has 1 unspecified atom stereocenters. The SMILES string of the molecule is CN1CCC(c2ccc(N)cc2)C1.CN1Cc2cc(N)ccc2C1=O. The van der Waals surface area contributed by atoms with Crippen LogP contribution in [0.1, 0.15) is 33.8 Å². The van der Waals surface area contributed by atoms with Gasteiger partial charge in [-0.15, -0.1) is 0 Å². The number of benzene rings is 2. The predicted molar refractivity (Wildman–Crippen MR) is 102 cm³/mol.